The van der Waals surface area contributed by atoms with E-state index >= 15 is 0 Å². The minimum atomic E-state index is -0.458. The van der Waals surface area contributed by atoms with E-state index in [1.807, 2.05) is 0 Å². The maximum atomic E-state index is 12.7. The Morgan fingerprint density at radius 3 is 2.64 bits per heavy atom. The van der Waals surface area contributed by atoms with Crippen molar-refractivity contribution < 1.29 is 19.1 Å². The Hall–Kier alpha value is -2.78. The van der Waals surface area contributed by atoms with Gasteiger partial charge in [0.25, 0.3) is 5.91 Å². The maximum Gasteiger partial charge on any atom is 0.325 e. The molecule has 144 valence electrons. The van der Waals surface area contributed by atoms with E-state index in [1.54, 1.807) is 47.0 Å². The zero-order valence-electron chi connectivity index (χ0n) is 15.1. The lowest BCUT2D eigenvalue weighted by Crippen LogP contribution is -2.22. The fraction of sp³-hybridized carbons (Fsp3) is 0.158. The molecular weight excluding hydrogens is 446 g/mol. The van der Waals surface area contributed by atoms with Crippen molar-refractivity contribution in [3.05, 3.63) is 57.3 Å². The first-order chi connectivity index (χ1) is 13.4. The monoisotopic (exact) mass is 461 g/mol. The van der Waals surface area contributed by atoms with E-state index in [1.165, 1.54) is 25.4 Å². The minimum absolute atomic E-state index is 0.0853. The molecule has 2 amide bonds. The summed E-state index contributed by atoms with van der Waals surface area (Å²) >= 11 is 4.60. The van der Waals surface area contributed by atoms with Crippen LogP contribution in [0.25, 0.3) is 10.2 Å². The highest BCUT2D eigenvalue weighted by molar-refractivity contribution is 9.10. The first-order valence-electron chi connectivity index (χ1n) is 8.20. The summed E-state index contributed by atoms with van der Waals surface area (Å²) < 4.78 is 7.80. The highest BCUT2D eigenvalue weighted by atomic mass is 79.9. The van der Waals surface area contributed by atoms with Crippen LogP contribution >= 0.6 is 27.3 Å². The summed E-state index contributed by atoms with van der Waals surface area (Å²) in [6, 6.07) is 12.3. The van der Waals surface area contributed by atoms with E-state index in [9.17, 15) is 14.4 Å². The summed E-state index contributed by atoms with van der Waals surface area (Å²) in [7, 11) is 1.30. The number of methoxy groups -OCH3 is 1. The number of fused-ring (bicyclic) bond motifs is 1. The van der Waals surface area contributed by atoms with Gasteiger partial charge in [-0.2, -0.15) is 4.99 Å². The molecule has 1 N–H and O–H groups in total. The smallest absolute Gasteiger partial charge is 0.325 e. The van der Waals surface area contributed by atoms with Crippen LogP contribution in [0, 0.1) is 0 Å². The van der Waals surface area contributed by atoms with E-state index < -0.39 is 11.9 Å². The van der Waals surface area contributed by atoms with Crippen LogP contribution in [-0.4, -0.2) is 29.5 Å². The molecule has 3 rings (SSSR count). The van der Waals surface area contributed by atoms with Crippen LogP contribution < -0.4 is 10.1 Å². The largest absolute Gasteiger partial charge is 0.468 e. The van der Waals surface area contributed by atoms with Gasteiger partial charge in [-0.25, -0.2) is 0 Å². The first-order valence-corrected chi connectivity index (χ1v) is 9.81. The fourth-order valence-electron chi connectivity index (χ4n) is 2.57. The van der Waals surface area contributed by atoms with Gasteiger partial charge in [-0.1, -0.05) is 23.5 Å². The number of hydrogen-bond acceptors (Lipinski definition) is 5. The number of nitrogens with zero attached hydrogens (tertiary/aromatic N) is 2. The van der Waals surface area contributed by atoms with Crippen molar-refractivity contribution >= 4 is 61.0 Å². The zero-order valence-corrected chi connectivity index (χ0v) is 17.5. The molecule has 0 fully saturated rings. The van der Waals surface area contributed by atoms with Gasteiger partial charge in [0, 0.05) is 17.1 Å². The number of ether oxygens (including phenoxy) is 1. The predicted octanol–water partition coefficient (Wildman–Crippen LogP) is 3.34. The summed E-state index contributed by atoms with van der Waals surface area (Å²) in [4.78, 5) is 40.4. The summed E-state index contributed by atoms with van der Waals surface area (Å²) in [5.74, 6) is -1.08. The molecule has 0 aliphatic carbocycles. The van der Waals surface area contributed by atoms with Gasteiger partial charge in [-0.05, 0) is 46.3 Å². The quantitative estimate of drug-likeness (QED) is 0.603. The third kappa shape index (κ3) is 4.37. The molecule has 0 atom stereocenters. The van der Waals surface area contributed by atoms with Crippen molar-refractivity contribution in [1.82, 2.24) is 4.57 Å². The maximum absolute atomic E-state index is 12.7. The highest BCUT2D eigenvalue weighted by Gasteiger charge is 2.14. The van der Waals surface area contributed by atoms with Crippen LogP contribution in [0.3, 0.4) is 0 Å². The number of amides is 2. The Labute approximate surface area is 172 Å². The number of esters is 1. The van der Waals surface area contributed by atoms with Crippen molar-refractivity contribution in [2.75, 3.05) is 12.4 Å². The number of anilines is 1. The lowest BCUT2D eigenvalue weighted by molar-refractivity contribution is -0.141. The minimum Gasteiger partial charge on any atom is -0.468 e. The number of aromatic nitrogens is 1. The highest BCUT2D eigenvalue weighted by Crippen LogP contribution is 2.23. The molecule has 0 saturated heterocycles. The number of rotatable bonds is 4. The third-order valence-corrected chi connectivity index (χ3v) is 5.55. The summed E-state index contributed by atoms with van der Waals surface area (Å²) in [6.07, 6.45) is 0. The molecule has 0 aliphatic heterocycles. The molecule has 0 unspecified atom stereocenters. The van der Waals surface area contributed by atoms with Crippen molar-refractivity contribution in [3.8, 4) is 0 Å². The zero-order chi connectivity index (χ0) is 20.3. The molecule has 3 aromatic rings. The fourth-order valence-corrected chi connectivity index (χ4v) is 4.09. The molecule has 0 saturated carbocycles. The van der Waals surface area contributed by atoms with Crippen molar-refractivity contribution in [1.29, 1.82) is 0 Å². The van der Waals surface area contributed by atoms with Gasteiger partial charge >= 0.3 is 5.97 Å². The Kier molecular flexibility index (Phi) is 6.05. The number of carbonyl (C=O) groups excluding carboxylic acids is 3. The molecule has 0 spiro atoms. The van der Waals surface area contributed by atoms with Crippen LogP contribution in [0.4, 0.5) is 5.69 Å². The standard InChI is InChI=1S/C19H16BrN3O4S/c1-11(24)21-12-7-8-15-16(9-12)28-19(23(15)10-17(25)27-2)22-18(26)13-5-3-4-6-14(13)20/h3-9H,10H2,1-2H3,(H,21,24). The Balaban J connectivity index is 2.14. The van der Waals surface area contributed by atoms with Crippen LogP contribution in [0.5, 0.6) is 0 Å². The second kappa shape index (κ2) is 8.49. The lowest BCUT2D eigenvalue weighted by atomic mass is 10.2. The van der Waals surface area contributed by atoms with E-state index in [2.05, 4.69) is 26.2 Å². The second-order valence-corrected chi connectivity index (χ2v) is 7.67. The molecular formula is C19H16BrN3O4S. The molecule has 9 heteroatoms. The van der Waals surface area contributed by atoms with Crippen molar-refractivity contribution in [2.45, 2.75) is 13.5 Å². The van der Waals surface area contributed by atoms with Gasteiger partial charge in [-0.3, -0.25) is 14.4 Å². The normalized spacial score (nSPS) is 11.5. The summed E-state index contributed by atoms with van der Waals surface area (Å²) in [6.45, 7) is 1.34. The third-order valence-electron chi connectivity index (χ3n) is 3.82. The van der Waals surface area contributed by atoms with Gasteiger partial charge in [0.1, 0.15) is 6.54 Å². The molecule has 1 heterocycles. The van der Waals surface area contributed by atoms with Gasteiger partial charge in [-0.15, -0.1) is 0 Å². The van der Waals surface area contributed by atoms with E-state index in [-0.39, 0.29) is 12.5 Å². The second-order valence-electron chi connectivity index (χ2n) is 5.81. The SMILES string of the molecule is COC(=O)Cn1c(=NC(=O)c2ccccc2Br)sc2cc(NC(C)=O)ccc21. The van der Waals surface area contributed by atoms with Gasteiger partial charge < -0.3 is 14.6 Å². The van der Waals surface area contributed by atoms with E-state index in [0.29, 0.717) is 26.0 Å². The van der Waals surface area contributed by atoms with Crippen LogP contribution in [0.1, 0.15) is 17.3 Å². The summed E-state index contributed by atoms with van der Waals surface area (Å²) in [5, 5.41) is 2.71. The lowest BCUT2D eigenvalue weighted by Gasteiger charge is -2.05. The van der Waals surface area contributed by atoms with E-state index in [0.717, 1.165) is 4.70 Å². The van der Waals surface area contributed by atoms with E-state index in [4.69, 9.17) is 4.74 Å². The number of benzene rings is 2. The average Bonchev–Trinajstić information content (AvgIpc) is 2.97. The van der Waals surface area contributed by atoms with Crippen molar-refractivity contribution in [2.24, 2.45) is 4.99 Å². The topological polar surface area (TPSA) is 89.8 Å². The number of hydrogen-bond donors (Lipinski definition) is 1. The number of nitrogens with one attached hydrogen (secondary N) is 1. The number of halogens is 1. The van der Waals surface area contributed by atoms with Gasteiger partial charge in [0.05, 0.1) is 22.9 Å². The molecule has 28 heavy (non-hydrogen) atoms. The molecule has 7 nitrogen and oxygen atoms in total. The van der Waals surface area contributed by atoms with Crippen LogP contribution in [-0.2, 0) is 20.9 Å². The van der Waals surface area contributed by atoms with Crippen LogP contribution in [0.2, 0.25) is 0 Å². The van der Waals surface area contributed by atoms with Gasteiger partial charge in [0.2, 0.25) is 5.91 Å². The Bertz CT molecular complexity index is 1150. The number of thiazole rings is 1. The summed E-state index contributed by atoms with van der Waals surface area (Å²) in [5.41, 5.74) is 1.75. The van der Waals surface area contributed by atoms with Crippen molar-refractivity contribution in [3.63, 3.8) is 0 Å². The number of carbonyl (C=O) groups is 3. The van der Waals surface area contributed by atoms with Crippen LogP contribution in [0.15, 0.2) is 51.9 Å². The average molecular weight is 462 g/mol. The molecule has 2 aromatic carbocycles. The Morgan fingerprint density at radius 2 is 1.96 bits per heavy atom. The molecule has 0 aliphatic rings. The molecule has 0 radical (unpaired) electrons. The predicted molar refractivity (Wildman–Crippen MR) is 110 cm³/mol. The molecule has 1 aromatic heterocycles. The Morgan fingerprint density at radius 1 is 1.21 bits per heavy atom. The molecule has 0 bridgehead atoms. The van der Waals surface area contributed by atoms with Gasteiger partial charge in [0.15, 0.2) is 4.80 Å². The first kappa shape index (κ1) is 20.0.